The number of nitrogens with zero attached hydrogens (tertiary/aromatic N) is 1. The molecule has 2 nitrogen and oxygen atoms in total. The van der Waals surface area contributed by atoms with E-state index in [1.54, 1.807) is 0 Å². The maximum absolute atomic E-state index is 13.7. The van der Waals surface area contributed by atoms with E-state index in [1.807, 2.05) is 30.3 Å². The van der Waals surface area contributed by atoms with Crippen molar-refractivity contribution < 1.29 is 4.39 Å². The largest absolute Gasteiger partial charge is 0.397 e. The van der Waals surface area contributed by atoms with Crippen LogP contribution in [0.2, 0.25) is 5.02 Å². The Morgan fingerprint density at radius 2 is 1.90 bits per heavy atom. The Morgan fingerprint density at radius 3 is 2.55 bits per heavy atom. The summed E-state index contributed by atoms with van der Waals surface area (Å²) in [6, 6.07) is 12.9. The third kappa shape index (κ3) is 3.42. The van der Waals surface area contributed by atoms with Crippen LogP contribution in [0.4, 0.5) is 15.8 Å². The molecule has 0 bridgehead atoms. The molecule has 0 saturated carbocycles. The highest BCUT2D eigenvalue weighted by atomic mass is 35.5. The summed E-state index contributed by atoms with van der Waals surface area (Å²) in [7, 11) is 0. The molecule has 2 N–H and O–H groups in total. The minimum absolute atomic E-state index is 0.0578. The van der Waals surface area contributed by atoms with Crippen molar-refractivity contribution in [3.05, 3.63) is 58.9 Å². The second kappa shape index (κ2) is 6.62. The van der Waals surface area contributed by atoms with Gasteiger partial charge in [-0.2, -0.15) is 0 Å². The molecule has 0 aliphatic heterocycles. The standard InChI is InChI=1S/C16H18ClFN2/c1-2-8-20(11-12-6-4-3-5-7-12)16-10-14(18)13(17)9-15(16)19/h3-7,9-10H,2,8,11,19H2,1H3. The molecule has 4 heteroatoms. The number of nitrogen functional groups attached to an aromatic ring is 1. The molecule has 2 aromatic carbocycles. The van der Waals surface area contributed by atoms with E-state index in [0.29, 0.717) is 17.9 Å². The van der Waals surface area contributed by atoms with Crippen LogP contribution in [-0.2, 0) is 6.54 Å². The summed E-state index contributed by atoms with van der Waals surface area (Å²) in [4.78, 5) is 2.07. The molecule has 106 valence electrons. The molecule has 0 aromatic heterocycles. The highest BCUT2D eigenvalue weighted by Gasteiger charge is 2.13. The van der Waals surface area contributed by atoms with Gasteiger partial charge in [0.15, 0.2) is 0 Å². The molecule has 0 radical (unpaired) electrons. The van der Waals surface area contributed by atoms with Crippen molar-refractivity contribution in [1.82, 2.24) is 0 Å². The molecule has 0 aliphatic carbocycles. The van der Waals surface area contributed by atoms with Gasteiger partial charge in [-0.05, 0) is 18.1 Å². The highest BCUT2D eigenvalue weighted by molar-refractivity contribution is 6.31. The maximum Gasteiger partial charge on any atom is 0.144 e. The average Bonchev–Trinajstić information content (AvgIpc) is 2.44. The zero-order chi connectivity index (χ0) is 14.5. The summed E-state index contributed by atoms with van der Waals surface area (Å²) >= 11 is 5.75. The molecule has 2 rings (SSSR count). The molecule has 2 aromatic rings. The summed E-state index contributed by atoms with van der Waals surface area (Å²) in [5, 5.41) is 0.0578. The van der Waals surface area contributed by atoms with Crippen LogP contribution in [0.15, 0.2) is 42.5 Å². The van der Waals surface area contributed by atoms with Crippen LogP contribution in [0.25, 0.3) is 0 Å². The highest BCUT2D eigenvalue weighted by Crippen LogP contribution is 2.30. The Morgan fingerprint density at radius 1 is 1.20 bits per heavy atom. The summed E-state index contributed by atoms with van der Waals surface area (Å²) in [6.07, 6.45) is 0.955. The summed E-state index contributed by atoms with van der Waals surface area (Å²) in [5.41, 5.74) is 8.34. The van der Waals surface area contributed by atoms with Gasteiger partial charge in [-0.25, -0.2) is 4.39 Å². The topological polar surface area (TPSA) is 29.3 Å². The van der Waals surface area contributed by atoms with Gasteiger partial charge in [0.05, 0.1) is 16.4 Å². The van der Waals surface area contributed by atoms with E-state index in [2.05, 4.69) is 11.8 Å². The van der Waals surface area contributed by atoms with Crippen LogP contribution in [0, 0.1) is 5.82 Å². The molecule has 0 aliphatic rings. The molecule has 0 unspecified atom stereocenters. The molecule has 0 amide bonds. The molecule has 0 spiro atoms. The first-order chi connectivity index (χ1) is 9.61. The number of anilines is 2. The Balaban J connectivity index is 2.31. The van der Waals surface area contributed by atoms with E-state index in [-0.39, 0.29) is 5.02 Å². The predicted molar refractivity (Wildman–Crippen MR) is 83.6 cm³/mol. The van der Waals surface area contributed by atoms with Crippen molar-refractivity contribution >= 4 is 23.0 Å². The van der Waals surface area contributed by atoms with Crippen LogP contribution in [-0.4, -0.2) is 6.54 Å². The average molecular weight is 293 g/mol. The Hall–Kier alpha value is -1.74. The van der Waals surface area contributed by atoms with E-state index in [1.165, 1.54) is 12.1 Å². The molecule has 0 atom stereocenters. The van der Waals surface area contributed by atoms with Gasteiger partial charge in [-0.1, -0.05) is 48.9 Å². The lowest BCUT2D eigenvalue weighted by molar-refractivity contribution is 0.626. The fourth-order valence-corrected chi connectivity index (χ4v) is 2.36. The van der Waals surface area contributed by atoms with Gasteiger partial charge in [-0.15, -0.1) is 0 Å². The number of hydrogen-bond acceptors (Lipinski definition) is 2. The smallest absolute Gasteiger partial charge is 0.144 e. The second-order valence-electron chi connectivity index (χ2n) is 4.73. The third-order valence-electron chi connectivity index (χ3n) is 3.12. The molecule has 0 saturated heterocycles. The van der Waals surface area contributed by atoms with Crippen LogP contribution < -0.4 is 10.6 Å². The summed E-state index contributed by atoms with van der Waals surface area (Å²) < 4.78 is 13.7. The molecule has 20 heavy (non-hydrogen) atoms. The molecule has 0 heterocycles. The zero-order valence-electron chi connectivity index (χ0n) is 11.4. The Bertz CT molecular complexity index is 572. The van der Waals surface area contributed by atoms with E-state index in [4.69, 9.17) is 17.3 Å². The van der Waals surface area contributed by atoms with Crippen LogP contribution in [0.1, 0.15) is 18.9 Å². The van der Waals surface area contributed by atoms with E-state index < -0.39 is 5.82 Å². The van der Waals surface area contributed by atoms with Crippen LogP contribution in [0.3, 0.4) is 0 Å². The van der Waals surface area contributed by atoms with Crippen LogP contribution in [0.5, 0.6) is 0 Å². The predicted octanol–water partition coefficient (Wildman–Crippen LogP) is 4.48. The van der Waals surface area contributed by atoms with Crippen molar-refractivity contribution in [3.63, 3.8) is 0 Å². The first-order valence-corrected chi connectivity index (χ1v) is 7.03. The number of halogens is 2. The minimum Gasteiger partial charge on any atom is -0.397 e. The molecular weight excluding hydrogens is 275 g/mol. The van der Waals surface area contributed by atoms with Crippen molar-refractivity contribution in [2.24, 2.45) is 0 Å². The van der Waals surface area contributed by atoms with Crippen molar-refractivity contribution in [3.8, 4) is 0 Å². The number of rotatable bonds is 5. The van der Waals surface area contributed by atoms with Crippen molar-refractivity contribution in [1.29, 1.82) is 0 Å². The quantitative estimate of drug-likeness (QED) is 0.823. The first-order valence-electron chi connectivity index (χ1n) is 6.65. The van der Waals surface area contributed by atoms with Gasteiger partial charge in [0, 0.05) is 19.2 Å². The lowest BCUT2D eigenvalue weighted by Gasteiger charge is -2.26. The molecule has 0 fully saturated rings. The first kappa shape index (κ1) is 14.7. The van der Waals surface area contributed by atoms with E-state index >= 15 is 0 Å². The van der Waals surface area contributed by atoms with Gasteiger partial charge in [0.25, 0.3) is 0 Å². The fraction of sp³-hybridized carbons (Fsp3) is 0.250. The monoisotopic (exact) mass is 292 g/mol. The van der Waals surface area contributed by atoms with E-state index in [9.17, 15) is 4.39 Å². The minimum atomic E-state index is -0.440. The zero-order valence-corrected chi connectivity index (χ0v) is 12.2. The summed E-state index contributed by atoms with van der Waals surface area (Å²) in [5.74, 6) is -0.440. The third-order valence-corrected chi connectivity index (χ3v) is 3.41. The maximum atomic E-state index is 13.7. The number of hydrogen-bond donors (Lipinski definition) is 1. The SMILES string of the molecule is CCCN(Cc1ccccc1)c1cc(F)c(Cl)cc1N. The Labute approximate surface area is 124 Å². The second-order valence-corrected chi connectivity index (χ2v) is 5.14. The van der Waals surface area contributed by atoms with Crippen LogP contribution >= 0.6 is 11.6 Å². The van der Waals surface area contributed by atoms with Gasteiger partial charge in [0.2, 0.25) is 0 Å². The fourth-order valence-electron chi connectivity index (χ4n) is 2.18. The lowest BCUT2D eigenvalue weighted by Crippen LogP contribution is -2.24. The van der Waals surface area contributed by atoms with E-state index in [0.717, 1.165) is 18.5 Å². The summed E-state index contributed by atoms with van der Waals surface area (Å²) in [6.45, 7) is 3.58. The van der Waals surface area contributed by atoms with Gasteiger partial charge < -0.3 is 10.6 Å². The normalized spacial score (nSPS) is 10.6. The van der Waals surface area contributed by atoms with Gasteiger partial charge >= 0.3 is 0 Å². The number of benzene rings is 2. The van der Waals surface area contributed by atoms with Gasteiger partial charge in [0.1, 0.15) is 5.82 Å². The van der Waals surface area contributed by atoms with Gasteiger partial charge in [-0.3, -0.25) is 0 Å². The number of nitrogens with two attached hydrogens (primary N) is 1. The Kier molecular flexibility index (Phi) is 4.85. The lowest BCUT2D eigenvalue weighted by atomic mass is 10.1. The van der Waals surface area contributed by atoms with Crippen molar-refractivity contribution in [2.45, 2.75) is 19.9 Å². The molecular formula is C16H18ClFN2. The van der Waals surface area contributed by atoms with Crippen molar-refractivity contribution in [2.75, 3.05) is 17.2 Å².